The summed E-state index contributed by atoms with van der Waals surface area (Å²) >= 11 is 0. The van der Waals surface area contributed by atoms with Gasteiger partial charge in [0.2, 0.25) is 0 Å². The molecule has 0 saturated carbocycles. The summed E-state index contributed by atoms with van der Waals surface area (Å²) in [7, 11) is 0. The van der Waals surface area contributed by atoms with Crippen LogP contribution in [0.15, 0.2) is 54.6 Å². The SMILES string of the molecule is CCNC(=O)C[NH+](CC)[C@@H](C(=O)Nc1ccc(C)cc1)c1ccccc1. The number of amides is 2. The largest absolute Gasteiger partial charge is 0.351 e. The van der Waals surface area contributed by atoms with Gasteiger partial charge in [0, 0.05) is 17.8 Å². The number of benzene rings is 2. The Balaban J connectivity index is 2.26. The minimum Gasteiger partial charge on any atom is -0.351 e. The molecule has 0 aromatic heterocycles. The number of quaternary nitrogens is 1. The summed E-state index contributed by atoms with van der Waals surface area (Å²) in [6.45, 7) is 7.39. The van der Waals surface area contributed by atoms with Crippen LogP contribution in [0.1, 0.15) is 31.0 Å². The Morgan fingerprint density at radius 3 is 2.23 bits per heavy atom. The molecule has 0 aliphatic heterocycles. The first kappa shape index (κ1) is 19.7. The molecule has 2 rings (SSSR count). The highest BCUT2D eigenvalue weighted by Gasteiger charge is 2.32. The van der Waals surface area contributed by atoms with E-state index in [1.807, 2.05) is 75.4 Å². The molecule has 0 fully saturated rings. The van der Waals surface area contributed by atoms with Crippen LogP contribution in [0.25, 0.3) is 0 Å². The highest BCUT2D eigenvalue weighted by molar-refractivity contribution is 5.94. The lowest BCUT2D eigenvalue weighted by Crippen LogP contribution is -3.14. The molecule has 1 unspecified atom stereocenters. The predicted octanol–water partition coefficient (Wildman–Crippen LogP) is 1.72. The molecular weight excluding hydrogens is 326 g/mol. The molecule has 0 bridgehead atoms. The summed E-state index contributed by atoms with van der Waals surface area (Å²) in [6.07, 6.45) is 0. The standard InChI is InChI=1S/C21H27N3O2/c1-4-22-19(25)15-24(5-2)20(17-9-7-6-8-10-17)21(26)23-18-13-11-16(3)12-14-18/h6-14,20H,4-5,15H2,1-3H3,(H,22,25)(H,23,26)/p+1/t20-/m1/s1. The minimum absolute atomic E-state index is 0.0478. The molecule has 2 aromatic carbocycles. The Bertz CT molecular complexity index is 714. The Morgan fingerprint density at radius 2 is 1.65 bits per heavy atom. The normalized spacial score (nSPS) is 12.9. The molecule has 2 atom stereocenters. The van der Waals surface area contributed by atoms with Gasteiger partial charge in [0.25, 0.3) is 11.8 Å². The monoisotopic (exact) mass is 354 g/mol. The summed E-state index contributed by atoms with van der Waals surface area (Å²) in [6, 6.07) is 16.9. The van der Waals surface area contributed by atoms with Crippen molar-refractivity contribution in [2.24, 2.45) is 0 Å². The van der Waals surface area contributed by atoms with Crippen LogP contribution in [0.3, 0.4) is 0 Å². The van der Waals surface area contributed by atoms with Crippen LogP contribution in [-0.4, -0.2) is 31.4 Å². The maximum absolute atomic E-state index is 13.1. The summed E-state index contributed by atoms with van der Waals surface area (Å²) in [4.78, 5) is 26.1. The zero-order valence-electron chi connectivity index (χ0n) is 15.7. The van der Waals surface area contributed by atoms with Crippen LogP contribution in [0.5, 0.6) is 0 Å². The van der Waals surface area contributed by atoms with Gasteiger partial charge in [-0.3, -0.25) is 9.59 Å². The van der Waals surface area contributed by atoms with Crippen molar-refractivity contribution in [2.45, 2.75) is 26.8 Å². The predicted molar refractivity (Wildman–Crippen MR) is 104 cm³/mol. The molecule has 2 aromatic rings. The van der Waals surface area contributed by atoms with Gasteiger partial charge in [-0.1, -0.05) is 48.0 Å². The molecule has 26 heavy (non-hydrogen) atoms. The second kappa shape index (κ2) is 9.73. The molecule has 3 N–H and O–H groups in total. The fourth-order valence-electron chi connectivity index (χ4n) is 2.97. The molecule has 0 radical (unpaired) electrons. The molecule has 5 heteroatoms. The quantitative estimate of drug-likeness (QED) is 0.676. The van der Waals surface area contributed by atoms with E-state index >= 15 is 0 Å². The summed E-state index contributed by atoms with van der Waals surface area (Å²) in [5, 5.41) is 5.82. The lowest BCUT2D eigenvalue weighted by Gasteiger charge is -2.26. The average molecular weight is 354 g/mol. The van der Waals surface area contributed by atoms with E-state index in [1.165, 1.54) is 0 Å². The number of nitrogens with one attached hydrogen (secondary N) is 3. The van der Waals surface area contributed by atoms with E-state index in [1.54, 1.807) is 0 Å². The number of likely N-dealkylation sites (N-methyl/N-ethyl adjacent to an activating group) is 2. The molecule has 0 spiro atoms. The van der Waals surface area contributed by atoms with Gasteiger partial charge in [0.05, 0.1) is 6.54 Å². The van der Waals surface area contributed by atoms with Crippen molar-refractivity contribution in [1.82, 2.24) is 5.32 Å². The second-order valence-corrected chi connectivity index (χ2v) is 6.34. The number of rotatable bonds is 8. The maximum atomic E-state index is 13.1. The third kappa shape index (κ3) is 5.43. The van der Waals surface area contributed by atoms with Gasteiger partial charge < -0.3 is 15.5 Å². The van der Waals surface area contributed by atoms with Gasteiger partial charge in [0.15, 0.2) is 12.6 Å². The molecule has 0 aliphatic carbocycles. The van der Waals surface area contributed by atoms with Crippen molar-refractivity contribution < 1.29 is 14.5 Å². The van der Waals surface area contributed by atoms with E-state index in [4.69, 9.17) is 0 Å². The van der Waals surface area contributed by atoms with Crippen LogP contribution in [0.2, 0.25) is 0 Å². The fourth-order valence-corrected chi connectivity index (χ4v) is 2.97. The van der Waals surface area contributed by atoms with Crippen molar-refractivity contribution in [2.75, 3.05) is 25.0 Å². The molecule has 0 aliphatic rings. The van der Waals surface area contributed by atoms with Crippen molar-refractivity contribution in [3.05, 3.63) is 65.7 Å². The first-order valence-corrected chi connectivity index (χ1v) is 9.08. The second-order valence-electron chi connectivity index (χ2n) is 6.34. The topological polar surface area (TPSA) is 62.6 Å². The van der Waals surface area contributed by atoms with Crippen LogP contribution in [-0.2, 0) is 9.59 Å². The van der Waals surface area contributed by atoms with E-state index in [9.17, 15) is 9.59 Å². The lowest BCUT2D eigenvalue weighted by molar-refractivity contribution is -0.912. The number of carbonyl (C=O) groups excluding carboxylic acids is 2. The smallest absolute Gasteiger partial charge is 0.287 e. The van der Waals surface area contributed by atoms with Gasteiger partial charge in [-0.05, 0) is 32.9 Å². The highest BCUT2D eigenvalue weighted by atomic mass is 16.2. The molecule has 0 saturated heterocycles. The summed E-state index contributed by atoms with van der Waals surface area (Å²) in [5.41, 5.74) is 2.80. The van der Waals surface area contributed by atoms with Crippen molar-refractivity contribution >= 4 is 17.5 Å². The first-order chi connectivity index (χ1) is 12.5. The van der Waals surface area contributed by atoms with Crippen LogP contribution < -0.4 is 15.5 Å². The van der Waals surface area contributed by atoms with E-state index in [0.29, 0.717) is 13.1 Å². The van der Waals surface area contributed by atoms with Crippen LogP contribution >= 0.6 is 0 Å². The number of anilines is 1. The van der Waals surface area contributed by atoms with Gasteiger partial charge in [-0.15, -0.1) is 0 Å². The fraction of sp³-hybridized carbons (Fsp3) is 0.333. The van der Waals surface area contributed by atoms with Crippen molar-refractivity contribution in [3.63, 3.8) is 0 Å². The highest BCUT2D eigenvalue weighted by Crippen LogP contribution is 2.14. The number of hydrogen-bond acceptors (Lipinski definition) is 2. The third-order valence-corrected chi connectivity index (χ3v) is 4.34. The lowest BCUT2D eigenvalue weighted by atomic mass is 10.0. The average Bonchev–Trinajstić information content (AvgIpc) is 2.64. The van der Waals surface area contributed by atoms with Gasteiger partial charge in [0.1, 0.15) is 0 Å². The maximum Gasteiger partial charge on any atom is 0.287 e. The minimum atomic E-state index is -0.454. The van der Waals surface area contributed by atoms with Crippen molar-refractivity contribution in [1.29, 1.82) is 0 Å². The Kier molecular flexibility index (Phi) is 7.36. The van der Waals surface area contributed by atoms with E-state index in [-0.39, 0.29) is 18.4 Å². The molecule has 2 amide bonds. The van der Waals surface area contributed by atoms with Gasteiger partial charge in [-0.25, -0.2) is 0 Å². The van der Waals surface area contributed by atoms with Crippen LogP contribution in [0, 0.1) is 6.92 Å². The van der Waals surface area contributed by atoms with Crippen LogP contribution in [0.4, 0.5) is 5.69 Å². The number of aryl methyl sites for hydroxylation is 1. The Labute approximate surface area is 155 Å². The Hall–Kier alpha value is -2.66. The van der Waals surface area contributed by atoms with E-state index in [2.05, 4.69) is 10.6 Å². The number of hydrogen-bond donors (Lipinski definition) is 3. The van der Waals surface area contributed by atoms with Gasteiger partial charge >= 0.3 is 0 Å². The van der Waals surface area contributed by atoms with E-state index in [0.717, 1.165) is 21.7 Å². The molecular formula is C21H28N3O2+. The first-order valence-electron chi connectivity index (χ1n) is 9.08. The molecule has 138 valence electrons. The third-order valence-electron chi connectivity index (χ3n) is 4.34. The zero-order chi connectivity index (χ0) is 18.9. The van der Waals surface area contributed by atoms with Gasteiger partial charge in [-0.2, -0.15) is 0 Å². The Morgan fingerprint density at radius 1 is 1.00 bits per heavy atom. The zero-order valence-corrected chi connectivity index (χ0v) is 15.7. The summed E-state index contributed by atoms with van der Waals surface area (Å²) < 4.78 is 0. The molecule has 5 nitrogen and oxygen atoms in total. The van der Waals surface area contributed by atoms with E-state index < -0.39 is 6.04 Å². The summed E-state index contributed by atoms with van der Waals surface area (Å²) in [5.74, 6) is -0.158. The van der Waals surface area contributed by atoms with Crippen molar-refractivity contribution in [3.8, 4) is 0 Å². The number of carbonyl (C=O) groups is 2. The molecule has 0 heterocycles.